The van der Waals surface area contributed by atoms with Crippen molar-refractivity contribution < 1.29 is 66.2 Å². The number of unbranched alkanes of at least 4 members (excludes halogenated alkanes) is 1. The lowest BCUT2D eigenvalue weighted by molar-refractivity contribution is -0.189. The van der Waals surface area contributed by atoms with Crippen molar-refractivity contribution in [3.8, 4) is 11.8 Å². The molecular formula is C60H62F2N9O12PS. The predicted molar refractivity (Wildman–Crippen MR) is 306 cm³/mol. The molecule has 0 spiro atoms. The Bertz CT molecular complexity index is 3450. The molecule has 5 aliphatic heterocycles. The van der Waals surface area contributed by atoms with Crippen molar-refractivity contribution in [2.75, 3.05) is 32.7 Å². The summed E-state index contributed by atoms with van der Waals surface area (Å²) < 4.78 is 34.0. The smallest absolute Gasteiger partial charge is 0.370 e. The van der Waals surface area contributed by atoms with E-state index in [1.54, 1.807) is 17.0 Å². The molecule has 4 fully saturated rings. The normalized spacial score (nSPS) is 20.4. The third-order valence-corrected chi connectivity index (χ3v) is 17.6. The van der Waals surface area contributed by atoms with Gasteiger partial charge in [0, 0.05) is 73.9 Å². The van der Waals surface area contributed by atoms with Gasteiger partial charge < -0.3 is 51.1 Å². The van der Waals surface area contributed by atoms with Crippen LogP contribution in [-0.2, 0) is 50.7 Å². The van der Waals surface area contributed by atoms with Gasteiger partial charge in [0.15, 0.2) is 0 Å². The minimum absolute atomic E-state index is 0.0223. The molecule has 21 nitrogen and oxygen atoms in total. The zero-order chi connectivity index (χ0) is 60.1. The summed E-state index contributed by atoms with van der Waals surface area (Å²) in [6.45, 7) is 1.56. The minimum Gasteiger partial charge on any atom is -0.370 e. The van der Waals surface area contributed by atoms with Gasteiger partial charge in [-0.25, -0.2) is 4.52 Å². The Morgan fingerprint density at radius 2 is 1.60 bits per heavy atom. The van der Waals surface area contributed by atoms with Crippen LogP contribution in [0.1, 0.15) is 112 Å². The van der Waals surface area contributed by atoms with Gasteiger partial charge in [-0.15, -0.1) is 11.3 Å². The van der Waals surface area contributed by atoms with Crippen molar-refractivity contribution in [3.63, 3.8) is 0 Å². The summed E-state index contributed by atoms with van der Waals surface area (Å²) >= 11 is 0.941. The Morgan fingerprint density at radius 1 is 0.871 bits per heavy atom. The maximum absolute atomic E-state index is 15.1. The van der Waals surface area contributed by atoms with Crippen LogP contribution < -0.4 is 27.0 Å². The Morgan fingerprint density at radius 3 is 2.29 bits per heavy atom. The van der Waals surface area contributed by atoms with E-state index in [1.807, 2.05) is 66.7 Å². The molecule has 5 aromatic rings. The number of nitrogens with zero attached hydrogens (tertiary/aromatic N) is 4. The van der Waals surface area contributed by atoms with Crippen molar-refractivity contribution in [3.05, 3.63) is 141 Å². The summed E-state index contributed by atoms with van der Waals surface area (Å²) in [6.07, 6.45) is -2.12. The number of carbonyl (C=O) groups excluding carboxylic acids is 9. The molecule has 85 heavy (non-hydrogen) atoms. The van der Waals surface area contributed by atoms with E-state index in [2.05, 4.69) is 42.5 Å². The standard InChI is InChI=1S/C60H62F2N9O12PS/c61-60(62,83-84(81)82)40-18-23-48-38(29-40)30-49(85-48)56(77)65-45-34-69(57(78)39-31-68(32-39)27-9-3-8-11-35-16-10-17-42-43(35)33-70(58(42)79)46-22-25-51(73)66-54(46)75)28-26-41-19-21-47(71(41)59(45)80)55(76)64-44(20-24-50(63)72)53(74)67-52(36-12-4-1-5-13-36)37-14-6-2-7-15-37/h1-2,4-7,10,12-18,23,29-30,39,41,44-47,52,81-82H,3,9,19-22,24-28,31-34H2,(H2,63,72)(H,64,76)(H,65,77)(H,67,74)(H,66,73,75)/t41-,44+,45+,46?,47+/m1/s1. The van der Waals surface area contributed by atoms with Gasteiger partial charge in [0.25, 0.3) is 11.8 Å². The Hall–Kier alpha value is -8.04. The molecule has 0 saturated carbocycles. The van der Waals surface area contributed by atoms with Crippen LogP contribution in [0.5, 0.6) is 0 Å². The SMILES string of the molecule is NC(=O)CC[C@H](NC(=O)[C@@H]1CC[C@@H]2CCN(C(=O)C3CN(CCCC#Cc4cccc5c4CN(C4CCC(=O)NC4=O)C5=O)C3)C[C@H](NC(=O)c3cc4cc(C(F)(F)OP(O)O)ccc4s3)C(=O)N21)C(=O)NC(c1ccccc1)c1ccccc1. The summed E-state index contributed by atoms with van der Waals surface area (Å²) in [6, 6.07) is 22.6. The molecule has 5 atom stereocenters. The van der Waals surface area contributed by atoms with Crippen LogP contribution in [0.3, 0.4) is 0 Å². The molecule has 4 saturated heterocycles. The van der Waals surface area contributed by atoms with E-state index in [9.17, 15) is 47.1 Å². The summed E-state index contributed by atoms with van der Waals surface area (Å²) in [4.78, 5) is 147. The van der Waals surface area contributed by atoms with E-state index < -0.39 is 97.9 Å². The Kier molecular flexibility index (Phi) is 18.4. The fourth-order valence-corrected chi connectivity index (χ4v) is 13.1. The van der Waals surface area contributed by atoms with Gasteiger partial charge in [-0.05, 0) is 104 Å². The van der Waals surface area contributed by atoms with E-state index in [4.69, 9.17) is 15.5 Å². The van der Waals surface area contributed by atoms with Gasteiger partial charge in [0.05, 0.1) is 22.4 Å². The van der Waals surface area contributed by atoms with Gasteiger partial charge in [-0.1, -0.05) is 78.6 Å². The highest BCUT2D eigenvalue weighted by Crippen LogP contribution is 2.43. The largest absolute Gasteiger partial charge is 0.389 e. The maximum atomic E-state index is 15.1. The van der Waals surface area contributed by atoms with Gasteiger partial charge in [0.1, 0.15) is 24.2 Å². The van der Waals surface area contributed by atoms with Crippen LogP contribution in [0.25, 0.3) is 10.1 Å². The first-order chi connectivity index (χ1) is 40.8. The van der Waals surface area contributed by atoms with E-state index in [0.29, 0.717) is 54.7 Å². The number of benzene rings is 4. The molecule has 0 radical (unpaired) electrons. The van der Waals surface area contributed by atoms with E-state index in [1.165, 1.54) is 21.9 Å². The third kappa shape index (κ3) is 13.7. The highest BCUT2D eigenvalue weighted by molar-refractivity contribution is 7.39. The molecule has 8 N–H and O–H groups in total. The zero-order valence-corrected chi connectivity index (χ0v) is 47.6. The number of imide groups is 1. The lowest BCUT2D eigenvalue weighted by Gasteiger charge is -2.43. The lowest BCUT2D eigenvalue weighted by atomic mass is 9.96. The van der Waals surface area contributed by atoms with Crippen LogP contribution in [0.2, 0.25) is 0 Å². The molecule has 4 aromatic carbocycles. The fraction of sp³-hybridized carbons (Fsp3) is 0.383. The van der Waals surface area contributed by atoms with E-state index in [0.717, 1.165) is 40.2 Å². The van der Waals surface area contributed by atoms with Crippen LogP contribution in [0.15, 0.2) is 103 Å². The number of hydrogen-bond acceptors (Lipinski definition) is 14. The first kappa shape index (κ1) is 60.1. The summed E-state index contributed by atoms with van der Waals surface area (Å²) in [5, 5.41) is 11.1. The topological polar surface area (TPSA) is 290 Å². The molecular weight excluding hydrogens is 1140 g/mol. The Labute approximate surface area is 492 Å². The number of thiophene rings is 1. The second-order valence-electron chi connectivity index (χ2n) is 21.7. The highest BCUT2D eigenvalue weighted by Gasteiger charge is 2.48. The Balaban J connectivity index is 0.819. The number of halogens is 2. The monoisotopic (exact) mass is 1200 g/mol. The molecule has 0 bridgehead atoms. The van der Waals surface area contributed by atoms with Crippen molar-refractivity contribution in [1.29, 1.82) is 0 Å². The van der Waals surface area contributed by atoms with Gasteiger partial charge in [0.2, 0.25) is 41.4 Å². The number of likely N-dealkylation sites (tertiary alicyclic amines) is 1. The minimum atomic E-state index is -4.07. The molecule has 444 valence electrons. The quantitative estimate of drug-likeness (QED) is 0.0266. The van der Waals surface area contributed by atoms with Crippen molar-refractivity contribution >= 4 is 83.2 Å². The number of alkyl halides is 2. The number of nitrogens with two attached hydrogens (primary N) is 1. The van der Waals surface area contributed by atoms with Crippen LogP contribution in [0, 0.1) is 17.8 Å². The zero-order valence-electron chi connectivity index (χ0n) is 45.9. The van der Waals surface area contributed by atoms with Gasteiger partial charge in [-0.2, -0.15) is 8.78 Å². The average Bonchev–Trinajstić information content (AvgIpc) is 3.14. The first-order valence-corrected chi connectivity index (χ1v) is 30.0. The highest BCUT2D eigenvalue weighted by atomic mass is 32.1. The first-order valence-electron chi connectivity index (χ1n) is 28.0. The third-order valence-electron chi connectivity index (χ3n) is 16.1. The van der Waals surface area contributed by atoms with Crippen LogP contribution >= 0.6 is 19.9 Å². The van der Waals surface area contributed by atoms with Crippen molar-refractivity contribution in [2.45, 2.75) is 107 Å². The molecule has 5 aliphatic rings. The lowest BCUT2D eigenvalue weighted by Crippen LogP contribution is -2.63. The number of amides is 9. The van der Waals surface area contributed by atoms with Crippen molar-refractivity contribution in [1.82, 2.24) is 40.9 Å². The van der Waals surface area contributed by atoms with E-state index in [-0.39, 0.29) is 86.1 Å². The molecule has 1 unspecified atom stereocenters. The molecule has 10 rings (SSSR count). The number of fused-ring (bicyclic) bond motifs is 3. The number of carbonyl (C=O) groups is 9. The molecule has 25 heteroatoms. The summed E-state index contributed by atoms with van der Waals surface area (Å²) in [5.74, 6) is 1.16. The number of primary amides is 1. The second kappa shape index (κ2) is 26.1. The van der Waals surface area contributed by atoms with E-state index >= 15 is 4.79 Å². The maximum Gasteiger partial charge on any atom is 0.389 e. The second-order valence-corrected chi connectivity index (χ2v) is 23.5. The number of hydrogen-bond donors (Lipinski definition) is 7. The number of rotatable bonds is 19. The number of nitrogens with one attached hydrogen (secondary N) is 4. The van der Waals surface area contributed by atoms with Crippen molar-refractivity contribution in [2.24, 2.45) is 11.7 Å². The van der Waals surface area contributed by atoms with Gasteiger partial charge in [-0.3, -0.25) is 48.5 Å². The fourth-order valence-electron chi connectivity index (χ4n) is 11.8. The molecule has 1 aromatic heterocycles. The predicted octanol–water partition coefficient (Wildman–Crippen LogP) is 4.05. The number of piperidine rings is 1. The summed E-state index contributed by atoms with van der Waals surface area (Å²) in [7, 11) is -3.42. The van der Waals surface area contributed by atoms with Crippen LogP contribution in [-0.4, -0.2) is 145 Å². The molecule has 0 aliphatic carbocycles. The molecule has 9 amide bonds. The molecule has 6 heterocycles. The average molecular weight is 1200 g/mol. The van der Waals surface area contributed by atoms with Crippen LogP contribution in [0.4, 0.5) is 8.78 Å². The summed E-state index contributed by atoms with van der Waals surface area (Å²) in [5.41, 5.74) is 8.24. The van der Waals surface area contributed by atoms with Gasteiger partial charge >= 0.3 is 14.7 Å².